The zero-order valence-corrected chi connectivity index (χ0v) is 16.5. The molecule has 4 aromatic rings. The van der Waals surface area contributed by atoms with Crippen molar-refractivity contribution in [1.82, 2.24) is 4.90 Å². The summed E-state index contributed by atoms with van der Waals surface area (Å²) >= 11 is 0. The van der Waals surface area contributed by atoms with E-state index in [-0.39, 0.29) is 23.6 Å². The third-order valence-electron chi connectivity index (χ3n) is 5.46. The lowest BCUT2D eigenvalue weighted by atomic mass is 9.97. The Kier molecular flexibility index (Phi) is 4.20. The van der Waals surface area contributed by atoms with Crippen molar-refractivity contribution in [2.45, 2.75) is 19.5 Å². The largest absolute Gasteiger partial charge is 0.496 e. The molecule has 5 rings (SSSR count). The molecule has 0 unspecified atom stereocenters. The number of hydrogen-bond donors (Lipinski definition) is 0. The second-order valence-corrected chi connectivity index (χ2v) is 7.33. The van der Waals surface area contributed by atoms with E-state index in [1.807, 2.05) is 37.3 Å². The van der Waals surface area contributed by atoms with Crippen LogP contribution in [0.15, 0.2) is 74.5 Å². The molecular formula is C24H19NO5. The molecule has 6 nitrogen and oxygen atoms in total. The monoisotopic (exact) mass is 401 g/mol. The highest BCUT2D eigenvalue weighted by atomic mass is 16.5. The molecule has 1 aliphatic heterocycles. The Morgan fingerprint density at radius 1 is 1.07 bits per heavy atom. The molecule has 2 aromatic carbocycles. The van der Waals surface area contributed by atoms with Crippen molar-refractivity contribution >= 4 is 16.9 Å². The van der Waals surface area contributed by atoms with Crippen LogP contribution in [0.25, 0.3) is 11.0 Å². The van der Waals surface area contributed by atoms with Gasteiger partial charge in [0.15, 0.2) is 5.43 Å². The topological polar surface area (TPSA) is 72.9 Å². The number of rotatable bonds is 4. The number of para-hydroxylation sites is 1. The molecule has 0 N–H and O–H groups in total. The van der Waals surface area contributed by atoms with Crippen molar-refractivity contribution in [1.29, 1.82) is 0 Å². The number of hydrogen-bond acceptors (Lipinski definition) is 5. The van der Waals surface area contributed by atoms with E-state index in [1.165, 1.54) is 0 Å². The van der Waals surface area contributed by atoms with Crippen LogP contribution in [0.1, 0.15) is 39.0 Å². The Morgan fingerprint density at radius 2 is 1.90 bits per heavy atom. The van der Waals surface area contributed by atoms with Crippen molar-refractivity contribution in [3.05, 3.63) is 99.3 Å². The molecule has 0 aliphatic carbocycles. The lowest BCUT2D eigenvalue weighted by Gasteiger charge is -2.25. The van der Waals surface area contributed by atoms with E-state index in [4.69, 9.17) is 13.6 Å². The van der Waals surface area contributed by atoms with Crippen LogP contribution in [-0.2, 0) is 6.54 Å². The van der Waals surface area contributed by atoms with E-state index < -0.39 is 6.04 Å². The van der Waals surface area contributed by atoms with Gasteiger partial charge in [-0.3, -0.25) is 9.59 Å². The predicted octanol–water partition coefficient (Wildman–Crippen LogP) is 4.45. The van der Waals surface area contributed by atoms with Gasteiger partial charge < -0.3 is 18.5 Å². The maximum absolute atomic E-state index is 13.5. The van der Waals surface area contributed by atoms with E-state index in [2.05, 4.69) is 0 Å². The maximum atomic E-state index is 13.5. The number of aryl methyl sites for hydroxylation is 1. The van der Waals surface area contributed by atoms with Gasteiger partial charge in [-0.15, -0.1) is 0 Å². The number of nitrogens with zero attached hydrogens (tertiary/aromatic N) is 1. The number of benzene rings is 2. The second-order valence-electron chi connectivity index (χ2n) is 7.33. The number of ether oxygens (including phenoxy) is 1. The molecule has 3 heterocycles. The Hall–Kier alpha value is -3.80. The standard InChI is InChI=1S/C24H19NO5/c1-14-9-10-19-17(12-14)22(26)20-21(16-7-3-4-8-18(16)28-2)25(24(27)23(20)30-19)13-15-6-5-11-29-15/h3-12,21H,13H2,1-2H3/t21-/m1/s1. The van der Waals surface area contributed by atoms with Gasteiger partial charge in [0.1, 0.15) is 17.1 Å². The van der Waals surface area contributed by atoms with Crippen LogP contribution in [0.2, 0.25) is 0 Å². The van der Waals surface area contributed by atoms with Gasteiger partial charge >= 0.3 is 0 Å². The summed E-state index contributed by atoms with van der Waals surface area (Å²) in [6.45, 7) is 2.12. The molecule has 0 saturated carbocycles. The second kappa shape index (κ2) is 6.91. The zero-order chi connectivity index (χ0) is 20.8. The van der Waals surface area contributed by atoms with Crippen molar-refractivity contribution < 1.29 is 18.4 Å². The fraction of sp³-hybridized carbons (Fsp3) is 0.167. The maximum Gasteiger partial charge on any atom is 0.291 e. The van der Waals surface area contributed by atoms with Gasteiger partial charge in [-0.05, 0) is 37.3 Å². The number of carbonyl (C=O) groups excluding carboxylic acids is 1. The third-order valence-corrected chi connectivity index (χ3v) is 5.46. The molecule has 0 radical (unpaired) electrons. The SMILES string of the molecule is COc1ccccc1[C@@H]1c2c(oc3ccc(C)cc3c2=O)C(=O)N1Cc1ccco1. The lowest BCUT2D eigenvalue weighted by Crippen LogP contribution is -2.29. The lowest BCUT2D eigenvalue weighted by molar-refractivity contribution is 0.0700. The van der Waals surface area contributed by atoms with Crippen LogP contribution >= 0.6 is 0 Å². The Bertz CT molecular complexity index is 1320. The Morgan fingerprint density at radius 3 is 2.67 bits per heavy atom. The number of fused-ring (bicyclic) bond motifs is 2. The molecule has 30 heavy (non-hydrogen) atoms. The van der Waals surface area contributed by atoms with Gasteiger partial charge in [-0.25, -0.2) is 0 Å². The highest BCUT2D eigenvalue weighted by molar-refractivity contribution is 5.99. The Balaban J connectivity index is 1.78. The molecule has 0 saturated heterocycles. The fourth-order valence-electron chi connectivity index (χ4n) is 4.08. The normalized spacial score (nSPS) is 15.6. The zero-order valence-electron chi connectivity index (χ0n) is 16.5. The van der Waals surface area contributed by atoms with Crippen molar-refractivity contribution in [2.24, 2.45) is 0 Å². The van der Waals surface area contributed by atoms with Crippen molar-refractivity contribution in [2.75, 3.05) is 7.11 Å². The summed E-state index contributed by atoms with van der Waals surface area (Å²) in [6, 6.07) is 15.7. The number of amides is 1. The van der Waals surface area contributed by atoms with E-state index in [9.17, 15) is 9.59 Å². The molecule has 2 aromatic heterocycles. The van der Waals surface area contributed by atoms with Gasteiger partial charge in [-0.1, -0.05) is 29.8 Å². The smallest absolute Gasteiger partial charge is 0.291 e. The first-order valence-electron chi connectivity index (χ1n) is 9.62. The van der Waals surface area contributed by atoms with Crippen molar-refractivity contribution in [3.8, 4) is 5.75 Å². The molecular weight excluding hydrogens is 382 g/mol. The minimum atomic E-state index is -0.644. The van der Waals surface area contributed by atoms with Gasteiger partial charge in [-0.2, -0.15) is 0 Å². The van der Waals surface area contributed by atoms with Crippen LogP contribution in [0.5, 0.6) is 5.75 Å². The summed E-state index contributed by atoms with van der Waals surface area (Å²) in [6.07, 6.45) is 1.56. The average molecular weight is 401 g/mol. The first-order chi connectivity index (χ1) is 14.6. The predicted molar refractivity (Wildman–Crippen MR) is 111 cm³/mol. The number of methoxy groups -OCH3 is 1. The molecule has 0 bridgehead atoms. The summed E-state index contributed by atoms with van der Waals surface area (Å²) < 4.78 is 17.0. The minimum Gasteiger partial charge on any atom is -0.496 e. The molecule has 1 atom stereocenters. The van der Waals surface area contributed by atoms with Gasteiger partial charge in [0.05, 0.1) is 36.9 Å². The summed E-state index contributed by atoms with van der Waals surface area (Å²) in [7, 11) is 1.57. The molecule has 150 valence electrons. The third kappa shape index (κ3) is 2.72. The molecule has 0 fully saturated rings. The van der Waals surface area contributed by atoms with Crippen LogP contribution in [0.3, 0.4) is 0 Å². The highest BCUT2D eigenvalue weighted by Crippen LogP contribution is 2.42. The van der Waals surface area contributed by atoms with Crippen molar-refractivity contribution in [3.63, 3.8) is 0 Å². The average Bonchev–Trinajstić information content (AvgIpc) is 3.36. The van der Waals surface area contributed by atoms with E-state index >= 15 is 0 Å². The summed E-state index contributed by atoms with van der Waals surface area (Å²) in [5.74, 6) is 0.927. The van der Waals surface area contributed by atoms with E-state index in [0.717, 1.165) is 11.1 Å². The number of furan rings is 1. The number of carbonyl (C=O) groups is 1. The van der Waals surface area contributed by atoms with E-state index in [0.29, 0.717) is 28.0 Å². The minimum absolute atomic E-state index is 0.0683. The van der Waals surface area contributed by atoms with E-state index in [1.54, 1.807) is 42.5 Å². The molecule has 0 spiro atoms. The van der Waals surface area contributed by atoms with Crippen LogP contribution < -0.4 is 10.2 Å². The van der Waals surface area contributed by atoms with Gasteiger partial charge in [0.2, 0.25) is 5.76 Å². The summed E-state index contributed by atoms with van der Waals surface area (Å²) in [5.41, 5.74) is 2.19. The Labute approximate surface area is 172 Å². The van der Waals surface area contributed by atoms with Crippen LogP contribution in [0, 0.1) is 6.92 Å². The van der Waals surface area contributed by atoms with Crippen LogP contribution in [-0.4, -0.2) is 17.9 Å². The summed E-state index contributed by atoms with van der Waals surface area (Å²) in [5, 5.41) is 0.460. The summed E-state index contributed by atoms with van der Waals surface area (Å²) in [4.78, 5) is 28.5. The quantitative estimate of drug-likeness (QED) is 0.505. The first-order valence-corrected chi connectivity index (χ1v) is 9.62. The first kappa shape index (κ1) is 18.2. The van der Waals surface area contributed by atoms with Crippen LogP contribution in [0.4, 0.5) is 0 Å². The van der Waals surface area contributed by atoms with Gasteiger partial charge in [0.25, 0.3) is 5.91 Å². The molecule has 1 aliphatic rings. The fourth-order valence-corrected chi connectivity index (χ4v) is 4.08. The van der Waals surface area contributed by atoms with Gasteiger partial charge in [0, 0.05) is 5.56 Å². The molecule has 1 amide bonds. The molecule has 6 heteroatoms. The highest BCUT2D eigenvalue weighted by Gasteiger charge is 2.44.